The Bertz CT molecular complexity index is 721. The quantitative estimate of drug-likeness (QED) is 0.636. The topological polar surface area (TPSA) is 43.6 Å². The number of hydrogen-bond acceptors (Lipinski definition) is 3. The fraction of sp³-hybridized carbons (Fsp3) is 0. The molecule has 0 aliphatic rings. The molecule has 0 unspecified atom stereocenters. The van der Waals surface area contributed by atoms with E-state index in [4.69, 9.17) is 11.6 Å². The molecule has 0 fully saturated rings. The van der Waals surface area contributed by atoms with Gasteiger partial charge in [0.05, 0.1) is 11.6 Å². The Hall–Kier alpha value is -2.08. The van der Waals surface area contributed by atoms with Gasteiger partial charge in [0, 0.05) is 6.20 Å². The average Bonchev–Trinajstić information content (AvgIpc) is 2.72. The molecule has 2 aromatic heterocycles. The highest BCUT2D eigenvalue weighted by molar-refractivity contribution is 6.28. The molecular formula is C11H5ClF2N4. The van der Waals surface area contributed by atoms with Crippen LogP contribution in [0.3, 0.4) is 0 Å². The van der Waals surface area contributed by atoms with E-state index in [1.165, 1.54) is 18.5 Å². The smallest absolute Gasteiger partial charge is 0.224 e. The van der Waals surface area contributed by atoms with Gasteiger partial charge in [-0.1, -0.05) is 6.07 Å². The number of para-hydroxylation sites is 1. The molecule has 7 heteroatoms. The summed E-state index contributed by atoms with van der Waals surface area (Å²) >= 11 is 5.66. The van der Waals surface area contributed by atoms with Crippen LogP contribution in [0.15, 0.2) is 30.6 Å². The van der Waals surface area contributed by atoms with E-state index in [0.29, 0.717) is 5.39 Å². The van der Waals surface area contributed by atoms with Crippen molar-refractivity contribution in [3.63, 3.8) is 0 Å². The molecule has 0 saturated carbocycles. The van der Waals surface area contributed by atoms with Crippen LogP contribution in [0.1, 0.15) is 0 Å². The Kier molecular flexibility index (Phi) is 2.45. The van der Waals surface area contributed by atoms with Gasteiger partial charge >= 0.3 is 0 Å². The second kappa shape index (κ2) is 3.99. The molecule has 0 bridgehead atoms. The van der Waals surface area contributed by atoms with E-state index in [0.717, 1.165) is 16.8 Å². The molecule has 0 spiro atoms. The number of rotatable bonds is 1. The summed E-state index contributed by atoms with van der Waals surface area (Å²) in [7, 11) is 0. The first-order valence-corrected chi connectivity index (χ1v) is 5.35. The third kappa shape index (κ3) is 1.62. The van der Waals surface area contributed by atoms with Crippen molar-refractivity contribution in [1.29, 1.82) is 0 Å². The summed E-state index contributed by atoms with van der Waals surface area (Å²) in [6, 6.07) is 3.57. The predicted molar refractivity (Wildman–Crippen MR) is 61.6 cm³/mol. The molecule has 0 atom stereocenters. The average molecular weight is 267 g/mol. The van der Waals surface area contributed by atoms with Crippen LogP contribution in [0.2, 0.25) is 5.28 Å². The zero-order valence-electron chi connectivity index (χ0n) is 8.81. The second-order valence-corrected chi connectivity index (χ2v) is 3.88. The highest BCUT2D eigenvalue weighted by Crippen LogP contribution is 2.21. The van der Waals surface area contributed by atoms with Crippen molar-refractivity contribution < 1.29 is 8.78 Å². The summed E-state index contributed by atoms with van der Waals surface area (Å²) in [5.41, 5.74) is -0.0405. The first-order valence-electron chi connectivity index (χ1n) is 4.97. The Morgan fingerprint density at radius 1 is 1.11 bits per heavy atom. The van der Waals surface area contributed by atoms with Gasteiger partial charge in [-0.2, -0.15) is 10.1 Å². The van der Waals surface area contributed by atoms with E-state index in [1.54, 1.807) is 0 Å². The summed E-state index contributed by atoms with van der Waals surface area (Å²) in [4.78, 5) is 7.69. The maximum absolute atomic E-state index is 13.7. The molecule has 18 heavy (non-hydrogen) atoms. The van der Waals surface area contributed by atoms with Crippen LogP contribution in [0.4, 0.5) is 8.78 Å². The molecule has 1 aromatic carbocycles. The molecule has 4 nitrogen and oxygen atoms in total. The largest absolute Gasteiger partial charge is 0.226 e. The van der Waals surface area contributed by atoms with Crippen molar-refractivity contribution in [2.24, 2.45) is 0 Å². The van der Waals surface area contributed by atoms with Gasteiger partial charge in [0.15, 0.2) is 17.3 Å². The molecule has 0 amide bonds. The van der Waals surface area contributed by atoms with Gasteiger partial charge < -0.3 is 0 Å². The maximum atomic E-state index is 13.7. The van der Waals surface area contributed by atoms with Gasteiger partial charge in [-0.15, -0.1) is 0 Å². The molecule has 3 rings (SSSR count). The van der Waals surface area contributed by atoms with Gasteiger partial charge in [-0.05, 0) is 23.7 Å². The van der Waals surface area contributed by atoms with Crippen LogP contribution in [0, 0.1) is 11.6 Å². The normalized spacial score (nSPS) is 11.1. The molecule has 0 saturated heterocycles. The third-order valence-electron chi connectivity index (χ3n) is 2.43. The van der Waals surface area contributed by atoms with E-state index < -0.39 is 11.6 Å². The molecule has 0 radical (unpaired) electrons. The lowest BCUT2D eigenvalue weighted by Crippen LogP contribution is -2.04. The standard InChI is InChI=1S/C11H5ClF2N4/c12-11-15-4-6-5-16-18(10(6)17-11)9-7(13)2-1-3-8(9)14/h1-5H. The van der Waals surface area contributed by atoms with Crippen LogP contribution in [-0.2, 0) is 0 Å². The van der Waals surface area contributed by atoms with Crippen molar-refractivity contribution in [1.82, 2.24) is 19.7 Å². The fourth-order valence-corrected chi connectivity index (χ4v) is 1.78. The van der Waals surface area contributed by atoms with Crippen LogP contribution >= 0.6 is 11.6 Å². The van der Waals surface area contributed by atoms with Crippen LogP contribution in [0.5, 0.6) is 0 Å². The van der Waals surface area contributed by atoms with E-state index >= 15 is 0 Å². The molecule has 0 aliphatic carbocycles. The minimum Gasteiger partial charge on any atom is -0.226 e. The van der Waals surface area contributed by atoms with E-state index in [2.05, 4.69) is 15.1 Å². The number of fused-ring (bicyclic) bond motifs is 1. The van der Waals surface area contributed by atoms with Crippen LogP contribution < -0.4 is 0 Å². The second-order valence-electron chi connectivity index (χ2n) is 3.54. The summed E-state index contributed by atoms with van der Waals surface area (Å²) in [6.45, 7) is 0. The van der Waals surface area contributed by atoms with Gasteiger partial charge in [-0.3, -0.25) is 0 Å². The summed E-state index contributed by atoms with van der Waals surface area (Å²) in [5, 5.41) is 4.43. The first kappa shape index (κ1) is 11.0. The van der Waals surface area contributed by atoms with Crippen molar-refractivity contribution in [3.05, 3.63) is 47.5 Å². The number of halogens is 3. The summed E-state index contributed by atoms with van der Waals surface area (Å²) in [5.74, 6) is -1.45. The van der Waals surface area contributed by atoms with E-state index in [-0.39, 0.29) is 16.6 Å². The van der Waals surface area contributed by atoms with Crippen LogP contribution in [-0.4, -0.2) is 19.7 Å². The molecule has 2 heterocycles. The Labute approximate surface area is 105 Å². The van der Waals surface area contributed by atoms with Gasteiger partial charge in [0.1, 0.15) is 5.69 Å². The highest BCUT2D eigenvalue weighted by Gasteiger charge is 2.15. The summed E-state index contributed by atoms with van der Waals surface area (Å²) in [6.07, 6.45) is 2.85. The monoisotopic (exact) mass is 266 g/mol. The van der Waals surface area contributed by atoms with Crippen molar-refractivity contribution >= 4 is 22.6 Å². The number of hydrogen-bond donors (Lipinski definition) is 0. The molecule has 0 N–H and O–H groups in total. The molecular weight excluding hydrogens is 262 g/mol. The minimum atomic E-state index is -0.727. The lowest BCUT2D eigenvalue weighted by atomic mass is 10.3. The SMILES string of the molecule is Fc1cccc(F)c1-n1ncc2cnc(Cl)nc21. The van der Waals surface area contributed by atoms with Crippen molar-refractivity contribution in [2.45, 2.75) is 0 Å². The lowest BCUT2D eigenvalue weighted by Gasteiger charge is -2.05. The fourth-order valence-electron chi connectivity index (χ4n) is 1.65. The number of nitrogens with zero attached hydrogens (tertiary/aromatic N) is 4. The minimum absolute atomic E-state index is 0.0130. The third-order valence-corrected chi connectivity index (χ3v) is 2.61. The van der Waals surface area contributed by atoms with Gasteiger partial charge in [-0.25, -0.2) is 18.4 Å². The van der Waals surface area contributed by atoms with E-state index in [1.807, 2.05) is 0 Å². The maximum Gasteiger partial charge on any atom is 0.224 e. The predicted octanol–water partition coefficient (Wildman–Crippen LogP) is 2.75. The van der Waals surface area contributed by atoms with E-state index in [9.17, 15) is 8.78 Å². The summed E-state index contributed by atoms with van der Waals surface area (Å²) < 4.78 is 28.4. The number of aromatic nitrogens is 4. The highest BCUT2D eigenvalue weighted by atomic mass is 35.5. The van der Waals surface area contributed by atoms with Crippen molar-refractivity contribution in [2.75, 3.05) is 0 Å². The Morgan fingerprint density at radius 2 is 1.83 bits per heavy atom. The van der Waals surface area contributed by atoms with Crippen LogP contribution in [0.25, 0.3) is 16.7 Å². The molecule has 90 valence electrons. The number of benzene rings is 1. The molecule has 3 aromatic rings. The van der Waals surface area contributed by atoms with Crippen molar-refractivity contribution in [3.8, 4) is 5.69 Å². The lowest BCUT2D eigenvalue weighted by molar-refractivity contribution is 0.562. The molecule has 0 aliphatic heterocycles. The Morgan fingerprint density at radius 3 is 2.56 bits per heavy atom. The van der Waals surface area contributed by atoms with Gasteiger partial charge in [0.2, 0.25) is 5.28 Å². The zero-order valence-corrected chi connectivity index (χ0v) is 9.57. The zero-order chi connectivity index (χ0) is 12.7. The van der Waals surface area contributed by atoms with Gasteiger partial charge in [0.25, 0.3) is 0 Å². The Balaban J connectivity index is 2.35. The first-order chi connectivity index (χ1) is 8.66.